The number of methoxy groups -OCH3 is 2. The van der Waals surface area contributed by atoms with E-state index in [1.165, 1.54) is 0 Å². The lowest BCUT2D eigenvalue weighted by Gasteiger charge is -2.28. The van der Waals surface area contributed by atoms with E-state index in [0.29, 0.717) is 23.6 Å². The van der Waals surface area contributed by atoms with Crippen LogP contribution in [0.2, 0.25) is 0 Å². The van der Waals surface area contributed by atoms with Crippen LogP contribution in [0.15, 0.2) is 66.7 Å². The average molecular weight is 375 g/mol. The third-order valence-electron chi connectivity index (χ3n) is 4.82. The molecule has 3 aromatic carbocycles. The summed E-state index contributed by atoms with van der Waals surface area (Å²) in [6.45, 7) is 0. The van der Waals surface area contributed by atoms with Crippen LogP contribution in [0.25, 0.3) is 0 Å². The first kappa shape index (κ1) is 17.9. The monoisotopic (exact) mass is 375 g/mol. The zero-order valence-corrected chi connectivity index (χ0v) is 15.8. The van der Waals surface area contributed by atoms with Gasteiger partial charge in [-0.2, -0.15) is 0 Å². The molecule has 1 atom stereocenters. The lowest BCUT2D eigenvalue weighted by Crippen LogP contribution is -2.24. The van der Waals surface area contributed by atoms with Gasteiger partial charge in [-0.3, -0.25) is 4.79 Å². The molecule has 4 rings (SSSR count). The summed E-state index contributed by atoms with van der Waals surface area (Å²) < 4.78 is 16.9. The molecule has 5 heteroatoms. The molecule has 0 spiro atoms. The molecule has 3 aromatic rings. The molecule has 0 unspecified atom stereocenters. The van der Waals surface area contributed by atoms with Gasteiger partial charge in [0.1, 0.15) is 23.0 Å². The van der Waals surface area contributed by atoms with Gasteiger partial charge in [-0.25, -0.2) is 0 Å². The van der Waals surface area contributed by atoms with Gasteiger partial charge in [0, 0.05) is 30.0 Å². The van der Waals surface area contributed by atoms with E-state index in [2.05, 4.69) is 5.32 Å². The van der Waals surface area contributed by atoms with Crippen molar-refractivity contribution in [1.82, 2.24) is 0 Å². The minimum atomic E-state index is -0.135. The molecule has 1 N–H and O–H groups in total. The summed E-state index contributed by atoms with van der Waals surface area (Å²) in [5.41, 5.74) is 2.65. The Balaban J connectivity index is 1.74. The van der Waals surface area contributed by atoms with E-state index in [0.717, 1.165) is 22.6 Å². The molecule has 1 amide bonds. The van der Waals surface area contributed by atoms with Crippen LogP contribution in [0, 0.1) is 0 Å². The van der Waals surface area contributed by atoms with Crippen molar-refractivity contribution in [3.63, 3.8) is 0 Å². The maximum atomic E-state index is 12.4. The lowest BCUT2D eigenvalue weighted by molar-refractivity contribution is -0.116. The number of benzene rings is 3. The topological polar surface area (TPSA) is 56.8 Å². The molecule has 1 heterocycles. The van der Waals surface area contributed by atoms with Gasteiger partial charge in [-0.15, -0.1) is 0 Å². The summed E-state index contributed by atoms with van der Waals surface area (Å²) in [5, 5.41) is 2.93. The first-order valence-electron chi connectivity index (χ1n) is 9.06. The van der Waals surface area contributed by atoms with Gasteiger partial charge >= 0.3 is 0 Å². The summed E-state index contributed by atoms with van der Waals surface area (Å²) in [4.78, 5) is 12.4. The third kappa shape index (κ3) is 3.51. The fourth-order valence-corrected chi connectivity index (χ4v) is 3.54. The highest BCUT2D eigenvalue weighted by Crippen LogP contribution is 2.45. The molecule has 0 aromatic heterocycles. The van der Waals surface area contributed by atoms with Crippen LogP contribution in [-0.2, 0) is 4.79 Å². The highest BCUT2D eigenvalue weighted by molar-refractivity contribution is 5.96. The van der Waals surface area contributed by atoms with Gasteiger partial charge in [-0.1, -0.05) is 30.3 Å². The number of hydrogen-bond acceptors (Lipinski definition) is 4. The van der Waals surface area contributed by atoms with E-state index in [1.54, 1.807) is 14.2 Å². The highest BCUT2D eigenvalue weighted by Gasteiger charge is 2.30. The third-order valence-corrected chi connectivity index (χ3v) is 4.82. The number of nitrogens with one attached hydrogen (secondary N) is 1. The molecule has 1 aliphatic rings. The quantitative estimate of drug-likeness (QED) is 0.684. The average Bonchev–Trinajstić information content (AvgIpc) is 2.73. The molecule has 28 heavy (non-hydrogen) atoms. The Labute approximate surface area is 163 Å². The SMILES string of the molecule is COc1cc2c(c(OC)c1)[C@@H](c1cccc(Oc3ccccc3)c1)CC(=O)N2. The largest absolute Gasteiger partial charge is 0.497 e. The van der Waals surface area contributed by atoms with E-state index in [1.807, 2.05) is 66.7 Å². The van der Waals surface area contributed by atoms with Crippen LogP contribution in [0.4, 0.5) is 5.69 Å². The van der Waals surface area contributed by atoms with E-state index in [9.17, 15) is 4.79 Å². The minimum absolute atomic E-state index is 0.0396. The van der Waals surface area contributed by atoms with Crippen molar-refractivity contribution in [2.75, 3.05) is 19.5 Å². The Morgan fingerprint density at radius 2 is 1.64 bits per heavy atom. The summed E-state index contributed by atoms with van der Waals surface area (Å²) in [5.74, 6) is 2.64. The van der Waals surface area contributed by atoms with Gasteiger partial charge < -0.3 is 19.5 Å². The first-order chi connectivity index (χ1) is 13.7. The Morgan fingerprint density at radius 3 is 2.39 bits per heavy atom. The normalized spacial score (nSPS) is 15.4. The van der Waals surface area contributed by atoms with Crippen LogP contribution in [0.5, 0.6) is 23.0 Å². The Hall–Kier alpha value is -3.47. The number of rotatable bonds is 5. The number of ether oxygens (including phenoxy) is 3. The standard InChI is InChI=1S/C23H21NO4/c1-26-18-12-20-23(21(13-18)27-2)19(14-22(25)24-20)15-7-6-10-17(11-15)28-16-8-4-3-5-9-16/h3-13,19H,14H2,1-2H3,(H,24,25)/t19-/m1/s1. The van der Waals surface area contributed by atoms with Crippen LogP contribution >= 0.6 is 0 Å². The Bertz CT molecular complexity index is 1000. The second-order valence-corrected chi connectivity index (χ2v) is 6.58. The van der Waals surface area contributed by atoms with E-state index in [4.69, 9.17) is 14.2 Å². The maximum absolute atomic E-state index is 12.4. The molecule has 0 radical (unpaired) electrons. The molecular formula is C23H21NO4. The summed E-state index contributed by atoms with van der Waals surface area (Å²) in [6, 6.07) is 21.1. The van der Waals surface area contributed by atoms with Crippen LogP contribution < -0.4 is 19.5 Å². The van der Waals surface area contributed by atoms with Crippen molar-refractivity contribution in [2.45, 2.75) is 12.3 Å². The van der Waals surface area contributed by atoms with Crippen molar-refractivity contribution in [3.05, 3.63) is 77.9 Å². The van der Waals surface area contributed by atoms with Gasteiger partial charge in [0.05, 0.1) is 19.9 Å². The van der Waals surface area contributed by atoms with Crippen LogP contribution in [0.3, 0.4) is 0 Å². The van der Waals surface area contributed by atoms with E-state index >= 15 is 0 Å². The lowest BCUT2D eigenvalue weighted by atomic mass is 9.84. The molecule has 0 saturated carbocycles. The van der Waals surface area contributed by atoms with E-state index in [-0.39, 0.29) is 11.8 Å². The van der Waals surface area contributed by atoms with Gasteiger partial charge in [0.2, 0.25) is 5.91 Å². The number of anilines is 1. The van der Waals surface area contributed by atoms with Gasteiger partial charge in [-0.05, 0) is 29.8 Å². The molecule has 0 bridgehead atoms. The second kappa shape index (κ2) is 7.64. The van der Waals surface area contributed by atoms with E-state index < -0.39 is 0 Å². The number of fused-ring (bicyclic) bond motifs is 1. The minimum Gasteiger partial charge on any atom is -0.497 e. The first-order valence-corrected chi connectivity index (χ1v) is 9.06. The van der Waals surface area contributed by atoms with Crippen molar-refractivity contribution < 1.29 is 19.0 Å². The van der Waals surface area contributed by atoms with Crippen molar-refractivity contribution in [1.29, 1.82) is 0 Å². The molecule has 0 fully saturated rings. The summed E-state index contributed by atoms with van der Waals surface area (Å²) in [7, 11) is 3.21. The highest BCUT2D eigenvalue weighted by atomic mass is 16.5. The zero-order valence-electron chi connectivity index (χ0n) is 15.8. The number of amides is 1. The van der Waals surface area contributed by atoms with Crippen molar-refractivity contribution in [2.24, 2.45) is 0 Å². The van der Waals surface area contributed by atoms with Crippen LogP contribution in [0.1, 0.15) is 23.5 Å². The molecular weight excluding hydrogens is 354 g/mol. The second-order valence-electron chi connectivity index (χ2n) is 6.58. The van der Waals surface area contributed by atoms with Crippen molar-refractivity contribution in [3.8, 4) is 23.0 Å². The molecule has 0 aliphatic carbocycles. The Kier molecular flexibility index (Phi) is 4.89. The fraction of sp³-hybridized carbons (Fsp3) is 0.174. The maximum Gasteiger partial charge on any atom is 0.225 e. The smallest absolute Gasteiger partial charge is 0.225 e. The van der Waals surface area contributed by atoms with Crippen molar-refractivity contribution >= 4 is 11.6 Å². The number of para-hydroxylation sites is 1. The number of carbonyl (C=O) groups is 1. The predicted octanol–water partition coefficient (Wildman–Crippen LogP) is 4.97. The zero-order chi connectivity index (χ0) is 19.5. The van der Waals surface area contributed by atoms with Gasteiger partial charge in [0.15, 0.2) is 0 Å². The summed E-state index contributed by atoms with van der Waals surface area (Å²) >= 11 is 0. The summed E-state index contributed by atoms with van der Waals surface area (Å²) in [6.07, 6.45) is 0.338. The molecule has 142 valence electrons. The fourth-order valence-electron chi connectivity index (χ4n) is 3.54. The molecule has 0 saturated heterocycles. The number of hydrogen-bond donors (Lipinski definition) is 1. The molecule has 1 aliphatic heterocycles. The number of carbonyl (C=O) groups excluding carboxylic acids is 1. The molecule has 5 nitrogen and oxygen atoms in total. The van der Waals surface area contributed by atoms with Gasteiger partial charge in [0.25, 0.3) is 0 Å². The van der Waals surface area contributed by atoms with Crippen LogP contribution in [-0.4, -0.2) is 20.1 Å². The Morgan fingerprint density at radius 1 is 0.857 bits per heavy atom. The predicted molar refractivity (Wildman–Crippen MR) is 108 cm³/mol.